The van der Waals surface area contributed by atoms with Gasteiger partial charge in [0.05, 0.1) is 36.6 Å². The molecule has 1 aliphatic rings. The van der Waals surface area contributed by atoms with Crippen molar-refractivity contribution >= 4 is 29.5 Å². The highest BCUT2D eigenvalue weighted by atomic mass is 32.2. The van der Waals surface area contributed by atoms with Crippen LogP contribution in [0.3, 0.4) is 0 Å². The van der Waals surface area contributed by atoms with E-state index in [0.29, 0.717) is 23.6 Å². The van der Waals surface area contributed by atoms with Crippen LogP contribution in [0.15, 0.2) is 14.8 Å². The van der Waals surface area contributed by atoms with Gasteiger partial charge in [-0.3, -0.25) is 14.2 Å². The van der Waals surface area contributed by atoms with Crippen LogP contribution in [0.1, 0.15) is 12.6 Å². The molecule has 0 fully saturated rings. The van der Waals surface area contributed by atoms with E-state index in [1.807, 2.05) is 0 Å². The predicted molar refractivity (Wildman–Crippen MR) is 82.1 cm³/mol. The number of hydrogen-bond donors (Lipinski definition) is 0. The zero-order valence-electron chi connectivity index (χ0n) is 12.2. The maximum Gasteiger partial charge on any atom is 0.316 e. The molecule has 0 saturated heterocycles. The second kappa shape index (κ2) is 7.33. The van der Waals surface area contributed by atoms with Gasteiger partial charge in [-0.1, -0.05) is 18.7 Å². The monoisotopic (exact) mass is 330 g/mol. The van der Waals surface area contributed by atoms with Gasteiger partial charge in [-0.2, -0.15) is 0 Å². The van der Waals surface area contributed by atoms with E-state index in [0.717, 1.165) is 17.0 Å². The molecular formula is C13H18N2O4S2. The molecule has 2 rings (SSSR count). The number of methoxy groups -OCH3 is 2. The Morgan fingerprint density at radius 3 is 2.95 bits per heavy atom. The van der Waals surface area contributed by atoms with Crippen LogP contribution in [0.5, 0.6) is 0 Å². The first-order valence-electron chi connectivity index (χ1n) is 6.55. The molecule has 1 aromatic rings. The van der Waals surface area contributed by atoms with Crippen molar-refractivity contribution in [1.29, 1.82) is 0 Å². The topological polar surface area (TPSA) is 70.4 Å². The first kappa shape index (κ1) is 16.4. The fourth-order valence-electron chi connectivity index (χ4n) is 2.00. The number of thioether (sulfide) groups is 2. The minimum atomic E-state index is -0.337. The van der Waals surface area contributed by atoms with E-state index in [2.05, 4.69) is 16.6 Å². The zero-order valence-corrected chi connectivity index (χ0v) is 13.9. The number of fused-ring (bicyclic) bond motifs is 1. The summed E-state index contributed by atoms with van der Waals surface area (Å²) in [5.41, 5.74) is 0.789. The van der Waals surface area contributed by atoms with Crippen LogP contribution in [0, 0.1) is 0 Å². The van der Waals surface area contributed by atoms with Gasteiger partial charge in [0.25, 0.3) is 5.56 Å². The van der Waals surface area contributed by atoms with Crippen LogP contribution >= 0.6 is 23.5 Å². The van der Waals surface area contributed by atoms with Crippen LogP contribution < -0.4 is 5.56 Å². The Morgan fingerprint density at radius 2 is 2.29 bits per heavy atom. The Bertz CT molecular complexity index is 588. The number of aromatic nitrogens is 2. The van der Waals surface area contributed by atoms with Crippen molar-refractivity contribution in [2.75, 3.05) is 26.6 Å². The van der Waals surface area contributed by atoms with Gasteiger partial charge in [-0.25, -0.2) is 4.98 Å². The number of nitrogens with zero attached hydrogens (tertiary/aromatic N) is 2. The fraction of sp³-hybridized carbons (Fsp3) is 0.615. The lowest BCUT2D eigenvalue weighted by molar-refractivity contribution is -0.137. The summed E-state index contributed by atoms with van der Waals surface area (Å²) >= 11 is 2.79. The van der Waals surface area contributed by atoms with Gasteiger partial charge >= 0.3 is 5.97 Å². The second-order valence-corrected chi connectivity index (χ2v) is 7.01. The lowest BCUT2D eigenvalue weighted by Gasteiger charge is -2.12. The minimum Gasteiger partial charge on any atom is -0.468 e. The molecule has 116 valence electrons. The molecule has 0 bridgehead atoms. The normalized spacial score (nSPS) is 16.8. The third kappa shape index (κ3) is 3.81. The molecule has 6 nitrogen and oxygen atoms in total. The Labute approximate surface area is 131 Å². The maximum atomic E-state index is 12.6. The molecule has 0 radical (unpaired) electrons. The molecule has 0 aromatic carbocycles. The molecule has 1 atom stereocenters. The number of hydrogen-bond acceptors (Lipinski definition) is 7. The summed E-state index contributed by atoms with van der Waals surface area (Å²) in [5.74, 6) is -0.201. The Morgan fingerprint density at radius 1 is 1.52 bits per heavy atom. The van der Waals surface area contributed by atoms with Crippen molar-refractivity contribution < 1.29 is 14.3 Å². The van der Waals surface area contributed by atoms with Crippen LogP contribution in [0.25, 0.3) is 0 Å². The maximum absolute atomic E-state index is 12.6. The van der Waals surface area contributed by atoms with Crippen molar-refractivity contribution in [3.8, 4) is 0 Å². The highest BCUT2D eigenvalue weighted by Crippen LogP contribution is 2.34. The summed E-state index contributed by atoms with van der Waals surface area (Å²) in [6.07, 6.45) is 0.784. The Balaban J connectivity index is 2.32. The molecule has 21 heavy (non-hydrogen) atoms. The Hall–Kier alpha value is -0.990. The third-order valence-electron chi connectivity index (χ3n) is 3.03. The van der Waals surface area contributed by atoms with E-state index in [9.17, 15) is 9.59 Å². The van der Waals surface area contributed by atoms with Crippen molar-refractivity contribution in [2.45, 2.75) is 35.2 Å². The number of carbonyl (C=O) groups is 1. The van der Waals surface area contributed by atoms with Gasteiger partial charge in [0.15, 0.2) is 5.16 Å². The molecule has 0 aliphatic carbocycles. The second-order valence-electron chi connectivity index (χ2n) is 4.62. The van der Waals surface area contributed by atoms with Crippen molar-refractivity contribution in [3.05, 3.63) is 16.0 Å². The average Bonchev–Trinajstić information content (AvgIpc) is 2.84. The zero-order chi connectivity index (χ0) is 15.4. The van der Waals surface area contributed by atoms with Gasteiger partial charge in [0, 0.05) is 18.8 Å². The number of carbonyl (C=O) groups excluding carboxylic acids is 1. The summed E-state index contributed by atoms with van der Waals surface area (Å²) in [4.78, 5) is 29.1. The van der Waals surface area contributed by atoms with Gasteiger partial charge in [-0.15, -0.1) is 11.8 Å². The van der Waals surface area contributed by atoms with Gasteiger partial charge in [-0.05, 0) is 0 Å². The summed E-state index contributed by atoms with van der Waals surface area (Å²) in [6, 6.07) is 0. The number of esters is 1. The Kier molecular flexibility index (Phi) is 5.72. The summed E-state index contributed by atoms with van der Waals surface area (Å²) in [6.45, 7) is 2.92. The van der Waals surface area contributed by atoms with Crippen LogP contribution in [-0.4, -0.2) is 47.3 Å². The smallest absolute Gasteiger partial charge is 0.316 e. The molecule has 0 saturated carbocycles. The molecule has 0 N–H and O–H groups in total. The quantitative estimate of drug-likeness (QED) is 0.441. The van der Waals surface area contributed by atoms with Gasteiger partial charge in [0.2, 0.25) is 0 Å². The standard InChI is InChI=1S/C13H18N2O4S2/c1-8-6-9-11(21-8)12(17)15(4-5-18-2)13(14-9)20-7-10(16)19-3/h8H,4-7H2,1-3H3. The number of ether oxygens (including phenoxy) is 2. The summed E-state index contributed by atoms with van der Waals surface area (Å²) < 4.78 is 11.3. The molecule has 1 unspecified atom stereocenters. The molecule has 0 amide bonds. The highest BCUT2D eigenvalue weighted by Gasteiger charge is 2.26. The van der Waals surface area contributed by atoms with Crippen molar-refractivity contribution in [1.82, 2.24) is 9.55 Å². The van der Waals surface area contributed by atoms with Crippen LogP contribution in [0.4, 0.5) is 0 Å². The van der Waals surface area contributed by atoms with E-state index >= 15 is 0 Å². The van der Waals surface area contributed by atoms with E-state index < -0.39 is 0 Å². The average molecular weight is 330 g/mol. The van der Waals surface area contributed by atoms with E-state index in [4.69, 9.17) is 4.74 Å². The largest absolute Gasteiger partial charge is 0.468 e. The molecule has 0 spiro atoms. The van der Waals surface area contributed by atoms with Crippen molar-refractivity contribution in [3.63, 3.8) is 0 Å². The number of rotatable bonds is 6. The predicted octanol–water partition coefficient (Wildman–Crippen LogP) is 1.19. The summed E-state index contributed by atoms with van der Waals surface area (Å²) in [7, 11) is 2.93. The third-order valence-corrected chi connectivity index (χ3v) is 5.19. The molecule has 2 heterocycles. The van der Waals surface area contributed by atoms with Crippen LogP contribution in [-0.2, 0) is 27.2 Å². The SMILES string of the molecule is COCCn1c(SCC(=O)OC)nc2c(c1=O)SC(C)C2. The van der Waals surface area contributed by atoms with E-state index in [1.165, 1.54) is 18.9 Å². The first-order valence-corrected chi connectivity index (χ1v) is 8.42. The van der Waals surface area contributed by atoms with Crippen molar-refractivity contribution in [2.24, 2.45) is 0 Å². The lowest BCUT2D eigenvalue weighted by Crippen LogP contribution is -2.27. The van der Waals surface area contributed by atoms with E-state index in [1.54, 1.807) is 23.4 Å². The van der Waals surface area contributed by atoms with Crippen LogP contribution in [0.2, 0.25) is 0 Å². The minimum absolute atomic E-state index is 0.0428. The first-order chi connectivity index (χ1) is 10.1. The fourth-order valence-corrected chi connectivity index (χ4v) is 3.99. The molecule has 8 heteroatoms. The lowest BCUT2D eigenvalue weighted by atomic mass is 10.2. The highest BCUT2D eigenvalue weighted by molar-refractivity contribution is 8.00. The van der Waals surface area contributed by atoms with E-state index in [-0.39, 0.29) is 17.3 Å². The summed E-state index contributed by atoms with van der Waals surface area (Å²) in [5, 5.41) is 0.910. The molecule has 1 aliphatic heterocycles. The molecular weight excluding hydrogens is 312 g/mol. The van der Waals surface area contributed by atoms with Gasteiger partial charge < -0.3 is 9.47 Å². The van der Waals surface area contributed by atoms with Gasteiger partial charge in [0.1, 0.15) is 0 Å². The molecule has 1 aromatic heterocycles.